The van der Waals surface area contributed by atoms with Crippen LogP contribution in [0.15, 0.2) is 42.5 Å². The van der Waals surface area contributed by atoms with E-state index in [1.54, 1.807) is 10.6 Å². The van der Waals surface area contributed by atoms with Gasteiger partial charge in [0.15, 0.2) is 6.29 Å². The van der Waals surface area contributed by atoms with Gasteiger partial charge in [0.2, 0.25) is 0 Å². The number of aldehydes is 1. The highest BCUT2D eigenvalue weighted by molar-refractivity contribution is 5.76. The summed E-state index contributed by atoms with van der Waals surface area (Å²) in [5.41, 5.74) is 5.96. The number of aryl methyl sites for hydroxylation is 2. The number of aromatic nitrogens is 2. The summed E-state index contributed by atoms with van der Waals surface area (Å²) in [7, 11) is 0. The van der Waals surface area contributed by atoms with Gasteiger partial charge >= 0.3 is 0 Å². The first-order chi connectivity index (χ1) is 9.19. The molecule has 3 nitrogen and oxygen atoms in total. The van der Waals surface area contributed by atoms with E-state index in [1.165, 1.54) is 11.1 Å². The second kappa shape index (κ2) is 4.35. The molecule has 0 aliphatic heterocycles. The molecule has 3 heteroatoms. The molecule has 0 fully saturated rings. The first kappa shape index (κ1) is 11.7. The molecular formula is C16H14N2O. The van der Waals surface area contributed by atoms with Gasteiger partial charge in [-0.05, 0) is 49.2 Å². The number of benzene rings is 1. The molecular weight excluding hydrogens is 236 g/mol. The van der Waals surface area contributed by atoms with Gasteiger partial charge in [-0.15, -0.1) is 0 Å². The fourth-order valence-electron chi connectivity index (χ4n) is 2.17. The van der Waals surface area contributed by atoms with Crippen molar-refractivity contribution in [3.05, 3.63) is 59.3 Å². The Hall–Kier alpha value is -2.42. The van der Waals surface area contributed by atoms with Crippen molar-refractivity contribution < 1.29 is 4.79 Å². The number of hydrogen-bond donors (Lipinski definition) is 0. The van der Waals surface area contributed by atoms with Crippen molar-refractivity contribution in [1.82, 2.24) is 9.61 Å². The number of rotatable bonds is 2. The van der Waals surface area contributed by atoms with Crippen LogP contribution in [0.25, 0.3) is 16.8 Å². The van der Waals surface area contributed by atoms with Gasteiger partial charge in [-0.2, -0.15) is 5.10 Å². The van der Waals surface area contributed by atoms with Crippen LogP contribution in [0.2, 0.25) is 0 Å². The van der Waals surface area contributed by atoms with Crippen LogP contribution in [0, 0.1) is 13.8 Å². The summed E-state index contributed by atoms with van der Waals surface area (Å²) in [6, 6.07) is 13.8. The van der Waals surface area contributed by atoms with Crippen molar-refractivity contribution >= 4 is 11.8 Å². The van der Waals surface area contributed by atoms with Gasteiger partial charge in [0, 0.05) is 5.56 Å². The molecule has 2 heterocycles. The Morgan fingerprint density at radius 3 is 2.63 bits per heavy atom. The Labute approximate surface area is 111 Å². The maximum absolute atomic E-state index is 11.0. The Kier molecular flexibility index (Phi) is 2.67. The van der Waals surface area contributed by atoms with Crippen molar-refractivity contribution in [3.63, 3.8) is 0 Å². The highest BCUT2D eigenvalue weighted by atomic mass is 16.1. The van der Waals surface area contributed by atoms with Gasteiger partial charge in [0.25, 0.3) is 0 Å². The largest absolute Gasteiger partial charge is 0.296 e. The fourth-order valence-corrected chi connectivity index (χ4v) is 2.17. The molecule has 0 bridgehead atoms. The predicted molar refractivity (Wildman–Crippen MR) is 75.5 cm³/mol. The molecule has 0 unspecified atom stereocenters. The molecule has 0 atom stereocenters. The van der Waals surface area contributed by atoms with Crippen molar-refractivity contribution in [3.8, 4) is 11.3 Å². The lowest BCUT2D eigenvalue weighted by molar-refractivity contribution is 0.111. The van der Waals surface area contributed by atoms with Crippen molar-refractivity contribution in [2.45, 2.75) is 13.8 Å². The van der Waals surface area contributed by atoms with Crippen LogP contribution in [0.3, 0.4) is 0 Å². The van der Waals surface area contributed by atoms with Crippen LogP contribution < -0.4 is 0 Å². The van der Waals surface area contributed by atoms with Crippen LogP contribution in [-0.4, -0.2) is 15.9 Å². The number of fused-ring (bicyclic) bond motifs is 1. The molecule has 94 valence electrons. The summed E-state index contributed by atoms with van der Waals surface area (Å²) in [5, 5.41) is 4.51. The number of carbonyl (C=O) groups is 1. The summed E-state index contributed by atoms with van der Waals surface area (Å²) in [6.07, 6.45) is 0.824. The SMILES string of the molecule is Cc1ccc(-c2cc3cccc(C=O)n3n2)cc1C. The lowest BCUT2D eigenvalue weighted by atomic mass is 10.0. The number of carbonyl (C=O) groups excluding carboxylic acids is 1. The summed E-state index contributed by atoms with van der Waals surface area (Å²) in [5.74, 6) is 0. The van der Waals surface area contributed by atoms with Gasteiger partial charge in [0.05, 0.1) is 11.2 Å². The normalized spacial score (nSPS) is 10.8. The molecule has 3 rings (SSSR count). The van der Waals surface area contributed by atoms with Gasteiger partial charge in [-0.25, -0.2) is 4.52 Å². The Balaban J connectivity index is 2.20. The average molecular weight is 250 g/mol. The standard InChI is InChI=1S/C16H14N2O/c1-11-6-7-13(8-12(11)2)16-9-14-4-3-5-15(10-19)18(14)17-16/h3-10H,1-2H3. The van der Waals surface area contributed by atoms with Crippen LogP contribution >= 0.6 is 0 Å². The zero-order valence-corrected chi connectivity index (χ0v) is 10.9. The van der Waals surface area contributed by atoms with Crippen LogP contribution in [0.1, 0.15) is 21.6 Å². The molecule has 0 saturated carbocycles. The first-order valence-electron chi connectivity index (χ1n) is 6.20. The van der Waals surface area contributed by atoms with E-state index in [-0.39, 0.29) is 0 Å². The Morgan fingerprint density at radius 2 is 1.89 bits per heavy atom. The van der Waals surface area contributed by atoms with E-state index in [9.17, 15) is 4.79 Å². The molecule has 3 aromatic rings. The summed E-state index contributed by atoms with van der Waals surface area (Å²) in [6.45, 7) is 4.18. The minimum Gasteiger partial charge on any atom is -0.296 e. The third kappa shape index (κ3) is 1.93. The van der Waals surface area contributed by atoms with E-state index >= 15 is 0 Å². The molecule has 2 aromatic heterocycles. The minimum atomic E-state index is 0.563. The van der Waals surface area contributed by atoms with Gasteiger partial charge in [-0.1, -0.05) is 18.2 Å². The lowest BCUT2D eigenvalue weighted by Gasteiger charge is -2.02. The van der Waals surface area contributed by atoms with Gasteiger partial charge < -0.3 is 0 Å². The smallest absolute Gasteiger partial charge is 0.168 e. The molecule has 1 aromatic carbocycles. The van der Waals surface area contributed by atoms with Crippen molar-refractivity contribution in [2.75, 3.05) is 0 Å². The third-order valence-electron chi connectivity index (χ3n) is 3.44. The van der Waals surface area contributed by atoms with Crippen molar-refractivity contribution in [2.24, 2.45) is 0 Å². The topological polar surface area (TPSA) is 34.4 Å². The van der Waals surface area contributed by atoms with Gasteiger partial charge in [-0.3, -0.25) is 4.79 Å². The Bertz CT molecular complexity index is 772. The highest BCUT2D eigenvalue weighted by Crippen LogP contribution is 2.22. The van der Waals surface area contributed by atoms with Crippen LogP contribution in [-0.2, 0) is 0 Å². The highest BCUT2D eigenvalue weighted by Gasteiger charge is 2.07. The summed E-state index contributed by atoms with van der Waals surface area (Å²) in [4.78, 5) is 11.0. The van der Waals surface area contributed by atoms with Crippen LogP contribution in [0.5, 0.6) is 0 Å². The van der Waals surface area contributed by atoms with E-state index in [2.05, 4.69) is 37.1 Å². The zero-order chi connectivity index (χ0) is 13.4. The predicted octanol–water partition coefficient (Wildman–Crippen LogP) is 3.43. The molecule has 0 amide bonds. The van der Waals surface area contributed by atoms with E-state index in [4.69, 9.17) is 0 Å². The molecule has 0 radical (unpaired) electrons. The molecule has 0 saturated heterocycles. The fraction of sp³-hybridized carbons (Fsp3) is 0.125. The molecule has 0 spiro atoms. The summed E-state index contributed by atoms with van der Waals surface area (Å²) < 4.78 is 1.68. The Morgan fingerprint density at radius 1 is 1.05 bits per heavy atom. The van der Waals surface area contributed by atoms with E-state index in [0.717, 1.165) is 23.1 Å². The maximum atomic E-state index is 11.0. The minimum absolute atomic E-state index is 0.563. The third-order valence-corrected chi connectivity index (χ3v) is 3.44. The summed E-state index contributed by atoms with van der Waals surface area (Å²) >= 11 is 0. The maximum Gasteiger partial charge on any atom is 0.168 e. The quantitative estimate of drug-likeness (QED) is 0.653. The second-order valence-electron chi connectivity index (χ2n) is 4.73. The molecule has 0 aliphatic rings. The van der Waals surface area contributed by atoms with Crippen molar-refractivity contribution in [1.29, 1.82) is 0 Å². The molecule has 19 heavy (non-hydrogen) atoms. The average Bonchev–Trinajstić information content (AvgIpc) is 2.85. The van der Waals surface area contributed by atoms with Gasteiger partial charge in [0.1, 0.15) is 5.69 Å². The van der Waals surface area contributed by atoms with E-state index < -0.39 is 0 Å². The first-order valence-corrected chi connectivity index (χ1v) is 6.20. The number of pyridine rings is 1. The van der Waals surface area contributed by atoms with E-state index in [0.29, 0.717) is 5.69 Å². The second-order valence-corrected chi connectivity index (χ2v) is 4.73. The van der Waals surface area contributed by atoms with E-state index in [1.807, 2.05) is 18.2 Å². The van der Waals surface area contributed by atoms with Crippen LogP contribution in [0.4, 0.5) is 0 Å². The molecule has 0 aliphatic carbocycles. The number of nitrogens with zero attached hydrogens (tertiary/aromatic N) is 2. The monoisotopic (exact) mass is 250 g/mol. The lowest BCUT2D eigenvalue weighted by Crippen LogP contribution is -1.96. The number of hydrogen-bond acceptors (Lipinski definition) is 2. The zero-order valence-electron chi connectivity index (χ0n) is 10.9. The molecule has 0 N–H and O–H groups in total.